The third-order valence-corrected chi connectivity index (χ3v) is 2.85. The summed E-state index contributed by atoms with van der Waals surface area (Å²) in [6.45, 7) is 2.80. The van der Waals surface area contributed by atoms with Crippen molar-refractivity contribution in [2.75, 3.05) is 11.9 Å². The number of carboxylic acid groups (broad SMARTS) is 1. The van der Waals surface area contributed by atoms with E-state index in [0.717, 1.165) is 12.3 Å². The lowest BCUT2D eigenvalue weighted by Crippen LogP contribution is -2.48. The smallest absolute Gasteiger partial charge is 0.328 e. The molecule has 0 unspecified atom stereocenters. The second kappa shape index (κ2) is 4.89. The Morgan fingerprint density at radius 3 is 2.63 bits per heavy atom. The van der Waals surface area contributed by atoms with Crippen molar-refractivity contribution in [3.63, 3.8) is 0 Å². The molecule has 100 valence electrons. The number of carboxylic acids is 1. The van der Waals surface area contributed by atoms with Crippen molar-refractivity contribution in [3.8, 4) is 6.07 Å². The van der Waals surface area contributed by atoms with Gasteiger partial charge in [0.2, 0.25) is 5.82 Å². The molecule has 0 aliphatic rings. The van der Waals surface area contributed by atoms with Crippen LogP contribution in [0, 0.1) is 21.4 Å². The topological polar surface area (TPSA) is 120 Å². The van der Waals surface area contributed by atoms with Gasteiger partial charge in [0, 0.05) is 19.3 Å². The van der Waals surface area contributed by atoms with Gasteiger partial charge < -0.3 is 10.0 Å². The number of aliphatic carboxylic acids is 1. The molecule has 1 aromatic heterocycles. The predicted molar refractivity (Wildman–Crippen MR) is 65.7 cm³/mol. The van der Waals surface area contributed by atoms with Crippen LogP contribution in [0.4, 0.5) is 11.5 Å². The first-order valence-corrected chi connectivity index (χ1v) is 5.23. The molecular weight excluding hydrogens is 252 g/mol. The molecule has 0 amide bonds. The highest BCUT2D eigenvalue weighted by atomic mass is 16.6. The molecule has 1 aromatic rings. The average molecular weight is 264 g/mol. The summed E-state index contributed by atoms with van der Waals surface area (Å²) in [7, 11) is 1.40. The van der Waals surface area contributed by atoms with Crippen LogP contribution < -0.4 is 4.90 Å². The van der Waals surface area contributed by atoms with Crippen LogP contribution in [-0.2, 0) is 4.79 Å². The fraction of sp³-hybridized carbons (Fsp3) is 0.364. The summed E-state index contributed by atoms with van der Waals surface area (Å²) in [4.78, 5) is 26.4. The zero-order valence-corrected chi connectivity index (χ0v) is 10.6. The first-order chi connectivity index (χ1) is 8.71. The normalized spacial score (nSPS) is 10.6. The van der Waals surface area contributed by atoms with Crippen LogP contribution in [0.3, 0.4) is 0 Å². The molecule has 0 aliphatic carbocycles. The van der Waals surface area contributed by atoms with E-state index in [0.29, 0.717) is 0 Å². The zero-order chi connectivity index (χ0) is 14.8. The lowest BCUT2D eigenvalue weighted by atomic mass is 10.0. The van der Waals surface area contributed by atoms with Crippen molar-refractivity contribution in [1.29, 1.82) is 5.26 Å². The SMILES string of the molecule is CN(c1ncc(C#N)cc1[N+](=O)[O-])C(C)(C)C(=O)O. The van der Waals surface area contributed by atoms with E-state index in [9.17, 15) is 14.9 Å². The maximum atomic E-state index is 11.1. The number of pyridine rings is 1. The lowest BCUT2D eigenvalue weighted by molar-refractivity contribution is -0.384. The van der Waals surface area contributed by atoms with Gasteiger partial charge >= 0.3 is 11.7 Å². The van der Waals surface area contributed by atoms with Gasteiger partial charge in [0.05, 0.1) is 10.5 Å². The first kappa shape index (κ1) is 14.4. The van der Waals surface area contributed by atoms with Crippen LogP contribution in [0.2, 0.25) is 0 Å². The first-order valence-electron chi connectivity index (χ1n) is 5.23. The molecule has 1 heterocycles. The number of hydrogen-bond donors (Lipinski definition) is 1. The Morgan fingerprint density at radius 1 is 1.63 bits per heavy atom. The van der Waals surface area contributed by atoms with Gasteiger partial charge in [-0.15, -0.1) is 0 Å². The van der Waals surface area contributed by atoms with E-state index in [-0.39, 0.29) is 11.4 Å². The molecule has 19 heavy (non-hydrogen) atoms. The summed E-state index contributed by atoms with van der Waals surface area (Å²) in [6, 6.07) is 2.81. The second-order valence-electron chi connectivity index (χ2n) is 4.36. The van der Waals surface area contributed by atoms with E-state index >= 15 is 0 Å². The van der Waals surface area contributed by atoms with Crippen molar-refractivity contribution in [3.05, 3.63) is 27.9 Å². The molecule has 0 bridgehead atoms. The third-order valence-electron chi connectivity index (χ3n) is 2.85. The van der Waals surface area contributed by atoms with Gasteiger partial charge in [-0.1, -0.05) is 0 Å². The fourth-order valence-corrected chi connectivity index (χ4v) is 1.31. The van der Waals surface area contributed by atoms with Gasteiger partial charge in [-0.25, -0.2) is 9.78 Å². The van der Waals surface area contributed by atoms with Crippen LogP contribution in [0.15, 0.2) is 12.3 Å². The summed E-state index contributed by atoms with van der Waals surface area (Å²) >= 11 is 0. The van der Waals surface area contributed by atoms with E-state index in [4.69, 9.17) is 10.4 Å². The number of anilines is 1. The van der Waals surface area contributed by atoms with Crippen molar-refractivity contribution in [1.82, 2.24) is 4.98 Å². The number of nitriles is 1. The molecule has 0 saturated carbocycles. The summed E-state index contributed by atoms with van der Waals surface area (Å²) in [6.07, 6.45) is 1.16. The zero-order valence-electron chi connectivity index (χ0n) is 10.6. The Morgan fingerprint density at radius 2 is 2.21 bits per heavy atom. The number of nitro groups is 1. The van der Waals surface area contributed by atoms with Crippen molar-refractivity contribution < 1.29 is 14.8 Å². The number of likely N-dealkylation sites (N-methyl/N-ethyl adjacent to an activating group) is 1. The Labute approximate surface area is 109 Å². The number of carbonyl (C=O) groups is 1. The van der Waals surface area contributed by atoms with Gasteiger partial charge in [-0.3, -0.25) is 10.1 Å². The Balaban J connectivity index is 3.39. The average Bonchev–Trinajstić information content (AvgIpc) is 2.36. The number of rotatable bonds is 4. The Kier molecular flexibility index (Phi) is 3.70. The minimum absolute atomic E-state index is 0.0389. The van der Waals surface area contributed by atoms with E-state index in [1.54, 1.807) is 6.07 Å². The summed E-state index contributed by atoms with van der Waals surface area (Å²) < 4.78 is 0. The van der Waals surface area contributed by atoms with E-state index in [1.165, 1.54) is 25.8 Å². The molecule has 1 rings (SSSR count). The summed E-state index contributed by atoms with van der Waals surface area (Å²) in [5, 5.41) is 28.8. The quantitative estimate of drug-likeness (QED) is 0.639. The summed E-state index contributed by atoms with van der Waals surface area (Å²) in [5.74, 6) is -1.24. The monoisotopic (exact) mass is 264 g/mol. The van der Waals surface area contributed by atoms with Crippen LogP contribution in [0.1, 0.15) is 19.4 Å². The predicted octanol–water partition coefficient (Wildman–Crippen LogP) is 1.16. The van der Waals surface area contributed by atoms with Crippen LogP contribution in [-0.4, -0.2) is 33.6 Å². The maximum Gasteiger partial charge on any atom is 0.328 e. The van der Waals surface area contributed by atoms with Crippen molar-refractivity contribution in [2.24, 2.45) is 0 Å². The van der Waals surface area contributed by atoms with Crippen LogP contribution in [0.25, 0.3) is 0 Å². The van der Waals surface area contributed by atoms with Gasteiger partial charge in [0.1, 0.15) is 11.6 Å². The molecule has 0 aliphatic heterocycles. The number of hydrogen-bond acceptors (Lipinski definition) is 6. The molecule has 0 saturated heterocycles. The summed E-state index contributed by atoms with van der Waals surface area (Å²) in [5.41, 5.74) is -1.74. The molecule has 8 heteroatoms. The lowest BCUT2D eigenvalue weighted by Gasteiger charge is -2.31. The minimum atomic E-state index is -1.37. The Bertz CT molecular complexity index is 577. The number of aromatic nitrogens is 1. The molecular formula is C11H12N4O4. The second-order valence-corrected chi connectivity index (χ2v) is 4.36. The molecule has 0 aromatic carbocycles. The maximum absolute atomic E-state index is 11.1. The Hall–Kier alpha value is -2.69. The molecule has 8 nitrogen and oxygen atoms in total. The standard InChI is InChI=1S/C11H12N4O4/c1-11(2,10(16)17)14(3)9-8(15(18)19)4-7(5-12)6-13-9/h4,6H,1-3H3,(H,16,17). The van der Waals surface area contributed by atoms with Crippen LogP contribution >= 0.6 is 0 Å². The highest BCUT2D eigenvalue weighted by Crippen LogP contribution is 2.30. The van der Waals surface area contributed by atoms with Gasteiger partial charge in [0.25, 0.3) is 0 Å². The largest absolute Gasteiger partial charge is 0.480 e. The van der Waals surface area contributed by atoms with E-state index in [1.807, 2.05) is 0 Å². The third kappa shape index (κ3) is 2.60. The van der Waals surface area contributed by atoms with E-state index < -0.39 is 22.1 Å². The van der Waals surface area contributed by atoms with Crippen molar-refractivity contribution >= 4 is 17.5 Å². The molecule has 0 radical (unpaired) electrons. The fourth-order valence-electron chi connectivity index (χ4n) is 1.31. The van der Waals surface area contributed by atoms with Gasteiger partial charge in [-0.2, -0.15) is 5.26 Å². The van der Waals surface area contributed by atoms with Crippen molar-refractivity contribution in [2.45, 2.75) is 19.4 Å². The highest BCUT2D eigenvalue weighted by molar-refractivity contribution is 5.83. The van der Waals surface area contributed by atoms with E-state index in [2.05, 4.69) is 4.98 Å². The van der Waals surface area contributed by atoms with Gasteiger partial charge in [-0.05, 0) is 13.8 Å². The highest BCUT2D eigenvalue weighted by Gasteiger charge is 2.36. The molecule has 0 atom stereocenters. The molecule has 0 fully saturated rings. The number of nitrogens with zero attached hydrogens (tertiary/aromatic N) is 4. The van der Waals surface area contributed by atoms with Gasteiger partial charge in [0.15, 0.2) is 0 Å². The minimum Gasteiger partial charge on any atom is -0.480 e. The molecule has 1 N–H and O–H groups in total. The van der Waals surface area contributed by atoms with Crippen LogP contribution in [0.5, 0.6) is 0 Å². The molecule has 0 spiro atoms.